The van der Waals surface area contributed by atoms with Gasteiger partial charge in [0.05, 0.1) is 23.4 Å². The molecule has 2 aromatic carbocycles. The minimum Gasteiger partial charge on any atom is -0.497 e. The smallest absolute Gasteiger partial charge is 0.225 e. The van der Waals surface area contributed by atoms with Crippen molar-refractivity contribution in [2.45, 2.75) is 29.2 Å². The van der Waals surface area contributed by atoms with Crippen molar-refractivity contribution in [1.82, 2.24) is 5.32 Å². The Morgan fingerprint density at radius 3 is 2.86 bits per heavy atom. The summed E-state index contributed by atoms with van der Waals surface area (Å²) in [4.78, 5) is 24.8. The molecule has 154 valence electrons. The fraction of sp³-hybridized carbons (Fsp3) is 0.300. The van der Waals surface area contributed by atoms with Gasteiger partial charge in [-0.2, -0.15) is 0 Å². The number of sulfone groups is 1. The third-order valence-electron chi connectivity index (χ3n) is 4.39. The number of amides is 2. The monoisotopic (exact) mass is 434 g/mol. The van der Waals surface area contributed by atoms with Gasteiger partial charge in [0.25, 0.3) is 0 Å². The van der Waals surface area contributed by atoms with Gasteiger partial charge in [0.2, 0.25) is 11.8 Å². The van der Waals surface area contributed by atoms with Crippen LogP contribution in [0.5, 0.6) is 5.75 Å². The maximum absolute atomic E-state index is 12.6. The van der Waals surface area contributed by atoms with Crippen LogP contribution in [0, 0.1) is 0 Å². The van der Waals surface area contributed by atoms with Crippen LogP contribution in [0.2, 0.25) is 0 Å². The van der Waals surface area contributed by atoms with E-state index < -0.39 is 9.84 Å². The third kappa shape index (κ3) is 5.74. The van der Waals surface area contributed by atoms with E-state index in [9.17, 15) is 18.0 Å². The lowest BCUT2D eigenvalue weighted by molar-refractivity contribution is -0.121. The Balaban J connectivity index is 1.59. The fourth-order valence-corrected chi connectivity index (χ4v) is 5.01. The molecule has 2 amide bonds. The second-order valence-electron chi connectivity index (χ2n) is 6.50. The molecule has 7 nitrogen and oxygen atoms in total. The first-order valence-electron chi connectivity index (χ1n) is 9.06. The molecule has 0 atom stereocenters. The van der Waals surface area contributed by atoms with Crippen molar-refractivity contribution in [3.05, 3.63) is 48.0 Å². The summed E-state index contributed by atoms with van der Waals surface area (Å²) in [5.74, 6) is 0.542. The highest BCUT2D eigenvalue weighted by Gasteiger charge is 2.20. The molecule has 2 N–H and O–H groups in total. The highest BCUT2D eigenvalue weighted by molar-refractivity contribution is 7.99. The number of methoxy groups -OCH3 is 1. The van der Waals surface area contributed by atoms with Crippen LogP contribution >= 0.6 is 11.8 Å². The van der Waals surface area contributed by atoms with Crippen LogP contribution in [0.4, 0.5) is 5.69 Å². The topological polar surface area (TPSA) is 102 Å². The molecule has 3 rings (SSSR count). The summed E-state index contributed by atoms with van der Waals surface area (Å²) in [5, 5.41) is 5.45. The van der Waals surface area contributed by atoms with Gasteiger partial charge in [-0.05, 0) is 35.9 Å². The molecule has 0 bridgehead atoms. The van der Waals surface area contributed by atoms with E-state index >= 15 is 0 Å². The highest BCUT2D eigenvalue weighted by Crippen LogP contribution is 2.32. The number of hydrogen-bond acceptors (Lipinski definition) is 6. The highest BCUT2D eigenvalue weighted by atomic mass is 32.2. The molecule has 0 fully saturated rings. The van der Waals surface area contributed by atoms with E-state index in [-0.39, 0.29) is 35.4 Å². The van der Waals surface area contributed by atoms with E-state index in [0.29, 0.717) is 23.6 Å². The van der Waals surface area contributed by atoms with Gasteiger partial charge in [0.15, 0.2) is 9.84 Å². The zero-order valence-electron chi connectivity index (χ0n) is 15.9. The van der Waals surface area contributed by atoms with E-state index in [1.165, 1.54) is 23.9 Å². The SMILES string of the molecule is COc1cccc(CNC(=O)CCS(=O)(=O)c2ccc3c(c2)NC(=O)CCS3)c1. The van der Waals surface area contributed by atoms with Gasteiger partial charge in [0, 0.05) is 30.0 Å². The molecule has 0 aliphatic carbocycles. The number of anilines is 1. The number of carbonyl (C=O) groups is 2. The molecular weight excluding hydrogens is 412 g/mol. The Bertz CT molecular complexity index is 1020. The van der Waals surface area contributed by atoms with E-state index in [2.05, 4.69) is 10.6 Å². The van der Waals surface area contributed by atoms with Crippen LogP contribution in [-0.2, 0) is 26.0 Å². The van der Waals surface area contributed by atoms with Crippen molar-refractivity contribution in [3.8, 4) is 5.75 Å². The molecule has 0 aromatic heterocycles. The van der Waals surface area contributed by atoms with E-state index in [1.54, 1.807) is 25.3 Å². The predicted molar refractivity (Wildman–Crippen MR) is 112 cm³/mol. The Morgan fingerprint density at radius 2 is 2.07 bits per heavy atom. The normalized spacial score (nSPS) is 13.8. The van der Waals surface area contributed by atoms with Gasteiger partial charge >= 0.3 is 0 Å². The molecule has 1 aliphatic rings. The first-order chi connectivity index (χ1) is 13.9. The Labute approximate surface area is 174 Å². The first kappa shape index (κ1) is 21.2. The number of benzene rings is 2. The lowest BCUT2D eigenvalue weighted by Gasteiger charge is -2.10. The Kier molecular flexibility index (Phi) is 6.81. The average Bonchev–Trinajstić information content (AvgIpc) is 2.90. The van der Waals surface area contributed by atoms with E-state index in [1.807, 2.05) is 12.1 Å². The molecule has 1 heterocycles. The Hall–Kier alpha value is -2.52. The van der Waals surface area contributed by atoms with Crippen LogP contribution in [0.25, 0.3) is 0 Å². The van der Waals surface area contributed by atoms with E-state index in [4.69, 9.17) is 4.74 Å². The van der Waals surface area contributed by atoms with Crippen molar-refractivity contribution in [2.24, 2.45) is 0 Å². The zero-order valence-corrected chi connectivity index (χ0v) is 17.6. The minimum atomic E-state index is -3.65. The third-order valence-corrected chi connectivity index (χ3v) is 7.18. The zero-order chi connectivity index (χ0) is 20.9. The van der Waals surface area contributed by atoms with E-state index in [0.717, 1.165) is 10.5 Å². The quantitative estimate of drug-likeness (QED) is 0.695. The van der Waals surface area contributed by atoms with Gasteiger partial charge in [-0.1, -0.05) is 12.1 Å². The molecule has 0 radical (unpaired) electrons. The number of hydrogen-bond donors (Lipinski definition) is 2. The summed E-state index contributed by atoms with van der Waals surface area (Å²) in [6.45, 7) is 0.290. The second kappa shape index (κ2) is 9.32. The molecule has 0 saturated heterocycles. The summed E-state index contributed by atoms with van der Waals surface area (Å²) >= 11 is 1.51. The molecule has 0 saturated carbocycles. The Morgan fingerprint density at radius 1 is 1.24 bits per heavy atom. The van der Waals surface area contributed by atoms with Gasteiger partial charge in [0.1, 0.15) is 5.75 Å². The summed E-state index contributed by atoms with van der Waals surface area (Å²) in [5.41, 5.74) is 1.36. The molecule has 29 heavy (non-hydrogen) atoms. The molecule has 1 aliphatic heterocycles. The maximum atomic E-state index is 12.6. The molecule has 9 heteroatoms. The second-order valence-corrected chi connectivity index (χ2v) is 9.75. The van der Waals surface area contributed by atoms with Gasteiger partial charge in [-0.25, -0.2) is 8.42 Å². The van der Waals surface area contributed by atoms with Crippen LogP contribution in [-0.4, -0.2) is 38.8 Å². The largest absolute Gasteiger partial charge is 0.497 e. The van der Waals surface area contributed by atoms with Crippen molar-refractivity contribution < 1.29 is 22.7 Å². The molecule has 0 unspecified atom stereocenters. The molecular formula is C20H22N2O5S2. The van der Waals surface area contributed by atoms with Gasteiger partial charge in [-0.3, -0.25) is 9.59 Å². The van der Waals surface area contributed by atoms with Crippen molar-refractivity contribution in [3.63, 3.8) is 0 Å². The first-order valence-corrected chi connectivity index (χ1v) is 11.7. The number of thioether (sulfide) groups is 1. The number of ether oxygens (including phenoxy) is 1. The van der Waals surface area contributed by atoms with Crippen molar-refractivity contribution >= 4 is 39.1 Å². The summed E-state index contributed by atoms with van der Waals surface area (Å²) in [6, 6.07) is 12.0. The number of carbonyl (C=O) groups excluding carboxylic acids is 2. The average molecular weight is 435 g/mol. The summed E-state index contributed by atoms with van der Waals surface area (Å²) < 4.78 is 30.4. The van der Waals surface area contributed by atoms with Gasteiger partial charge < -0.3 is 15.4 Å². The van der Waals surface area contributed by atoms with Crippen LogP contribution < -0.4 is 15.4 Å². The molecule has 0 spiro atoms. The lowest BCUT2D eigenvalue weighted by Crippen LogP contribution is -2.25. The van der Waals surface area contributed by atoms with Crippen molar-refractivity contribution in [1.29, 1.82) is 0 Å². The summed E-state index contributed by atoms with van der Waals surface area (Å²) in [7, 11) is -2.09. The maximum Gasteiger partial charge on any atom is 0.225 e. The number of rotatable bonds is 7. The van der Waals surface area contributed by atoms with Crippen molar-refractivity contribution in [2.75, 3.05) is 23.9 Å². The number of fused-ring (bicyclic) bond motifs is 1. The van der Waals surface area contributed by atoms with Crippen LogP contribution in [0.1, 0.15) is 18.4 Å². The fourth-order valence-electron chi connectivity index (χ4n) is 2.81. The van der Waals surface area contributed by atoms with Crippen LogP contribution in [0.15, 0.2) is 52.3 Å². The van der Waals surface area contributed by atoms with Gasteiger partial charge in [-0.15, -0.1) is 11.8 Å². The lowest BCUT2D eigenvalue weighted by atomic mass is 10.2. The van der Waals surface area contributed by atoms with Crippen LogP contribution in [0.3, 0.4) is 0 Å². The minimum absolute atomic E-state index is 0.0969. The standard InChI is InChI=1S/C20H22N2O5S2/c1-27-15-4-2-3-14(11-15)13-21-19(23)8-10-29(25,26)16-5-6-18-17(12-16)22-20(24)7-9-28-18/h2-6,11-12H,7-10,13H2,1H3,(H,21,23)(H,22,24). The predicted octanol–water partition coefficient (Wildman–Crippen LogP) is 2.61. The summed E-state index contributed by atoms with van der Waals surface area (Å²) in [6.07, 6.45) is 0.236. The molecule has 2 aromatic rings. The number of nitrogens with one attached hydrogen (secondary N) is 2.